The lowest BCUT2D eigenvalue weighted by molar-refractivity contribution is 0.0593. The summed E-state index contributed by atoms with van der Waals surface area (Å²) in [5.41, 5.74) is 0.0810. The number of esters is 1. The molecule has 0 aromatic carbocycles. The van der Waals surface area contributed by atoms with Gasteiger partial charge < -0.3 is 9.26 Å². The summed E-state index contributed by atoms with van der Waals surface area (Å²) in [6, 6.07) is 0. The summed E-state index contributed by atoms with van der Waals surface area (Å²) in [7, 11) is 1.26. The molecule has 0 unspecified atom stereocenters. The molecule has 0 aliphatic carbocycles. The van der Waals surface area contributed by atoms with Gasteiger partial charge in [-0.25, -0.2) is 4.79 Å². The normalized spacial score (nSPS) is 9.00. The molecular formula is C4H4N2O3. The highest BCUT2D eigenvalue weighted by Crippen LogP contribution is 1.92. The molecule has 0 amide bonds. The second-order valence-corrected chi connectivity index (χ2v) is 1.28. The van der Waals surface area contributed by atoms with Crippen molar-refractivity contribution in [1.29, 1.82) is 0 Å². The Morgan fingerprint density at radius 1 is 1.89 bits per heavy atom. The number of rotatable bonds is 1. The molecule has 5 nitrogen and oxygen atoms in total. The highest BCUT2D eigenvalue weighted by atomic mass is 16.5. The summed E-state index contributed by atoms with van der Waals surface area (Å²) in [6.07, 6.45) is 1.12. The van der Waals surface area contributed by atoms with Crippen molar-refractivity contribution >= 4 is 5.97 Å². The largest absolute Gasteiger partial charge is 0.464 e. The average Bonchev–Trinajstić information content (AvgIpc) is 2.37. The van der Waals surface area contributed by atoms with Gasteiger partial charge in [0.05, 0.1) is 7.11 Å². The lowest BCUT2D eigenvalue weighted by Gasteiger charge is -1.87. The summed E-state index contributed by atoms with van der Waals surface area (Å²) in [6.45, 7) is 0. The summed E-state index contributed by atoms with van der Waals surface area (Å²) in [5.74, 6) is -0.545. The summed E-state index contributed by atoms with van der Waals surface area (Å²) >= 11 is 0. The molecule has 1 aromatic heterocycles. The Morgan fingerprint density at radius 3 is 3.11 bits per heavy atom. The summed E-state index contributed by atoms with van der Waals surface area (Å²) in [4.78, 5) is 10.5. The molecule has 1 heterocycles. The van der Waals surface area contributed by atoms with Crippen molar-refractivity contribution in [3.8, 4) is 0 Å². The Morgan fingerprint density at radius 2 is 2.67 bits per heavy atom. The van der Waals surface area contributed by atoms with E-state index in [2.05, 4.69) is 19.6 Å². The van der Waals surface area contributed by atoms with Crippen LogP contribution in [0.4, 0.5) is 0 Å². The maximum Gasteiger partial charge on any atom is 0.362 e. The molecule has 0 radical (unpaired) electrons. The van der Waals surface area contributed by atoms with Crippen molar-refractivity contribution in [3.63, 3.8) is 0 Å². The van der Waals surface area contributed by atoms with E-state index in [0.717, 1.165) is 6.26 Å². The van der Waals surface area contributed by atoms with Gasteiger partial charge in [0.1, 0.15) is 0 Å². The number of aromatic nitrogens is 2. The second kappa shape index (κ2) is 2.25. The third-order valence-electron chi connectivity index (χ3n) is 0.755. The molecule has 0 aliphatic heterocycles. The van der Waals surface area contributed by atoms with Crippen molar-refractivity contribution < 1.29 is 14.1 Å². The fourth-order valence-corrected chi connectivity index (χ4v) is 0.358. The first-order valence-electron chi connectivity index (χ1n) is 2.20. The van der Waals surface area contributed by atoms with Gasteiger partial charge in [-0.3, -0.25) is 0 Å². The zero-order valence-electron chi connectivity index (χ0n) is 4.70. The standard InChI is InChI=1S/C4H4N2O3/c1-8-4(7)3-2-9-6-5-3/h2H,1H3. The van der Waals surface area contributed by atoms with Crippen LogP contribution < -0.4 is 0 Å². The average molecular weight is 128 g/mol. The highest BCUT2D eigenvalue weighted by molar-refractivity contribution is 5.86. The molecule has 0 saturated carbocycles. The van der Waals surface area contributed by atoms with Crippen LogP contribution in [0.2, 0.25) is 0 Å². The van der Waals surface area contributed by atoms with Gasteiger partial charge >= 0.3 is 5.97 Å². The van der Waals surface area contributed by atoms with E-state index >= 15 is 0 Å². The Kier molecular flexibility index (Phi) is 1.44. The van der Waals surface area contributed by atoms with E-state index in [0.29, 0.717) is 0 Å². The lowest BCUT2D eigenvalue weighted by atomic mass is 10.5. The van der Waals surface area contributed by atoms with Gasteiger partial charge in [0.25, 0.3) is 0 Å². The number of methoxy groups -OCH3 is 1. The number of carbonyl (C=O) groups is 1. The topological polar surface area (TPSA) is 65.2 Å². The minimum absolute atomic E-state index is 0.0810. The molecule has 0 fully saturated rings. The minimum Gasteiger partial charge on any atom is -0.464 e. The number of ether oxygens (including phenoxy) is 1. The van der Waals surface area contributed by atoms with Gasteiger partial charge in [-0.1, -0.05) is 0 Å². The lowest BCUT2D eigenvalue weighted by Crippen LogP contribution is -2.00. The Balaban J connectivity index is 2.77. The van der Waals surface area contributed by atoms with E-state index in [1.54, 1.807) is 0 Å². The number of nitrogens with zero attached hydrogens (tertiary/aromatic N) is 2. The van der Waals surface area contributed by atoms with E-state index in [-0.39, 0.29) is 5.69 Å². The predicted octanol–water partition coefficient (Wildman–Crippen LogP) is -0.144. The van der Waals surface area contributed by atoms with Crippen LogP contribution in [0.3, 0.4) is 0 Å². The first kappa shape index (κ1) is 5.74. The Bertz CT molecular complexity index is 194. The van der Waals surface area contributed by atoms with Crippen molar-refractivity contribution in [1.82, 2.24) is 10.4 Å². The molecule has 1 rings (SSSR count). The number of carbonyl (C=O) groups excluding carboxylic acids is 1. The molecule has 0 aliphatic rings. The highest BCUT2D eigenvalue weighted by Gasteiger charge is 2.07. The van der Waals surface area contributed by atoms with Gasteiger partial charge in [-0.05, 0) is 0 Å². The van der Waals surface area contributed by atoms with E-state index in [1.165, 1.54) is 7.11 Å². The zero-order valence-corrected chi connectivity index (χ0v) is 4.70. The first-order chi connectivity index (χ1) is 4.34. The molecule has 0 saturated heterocycles. The van der Waals surface area contributed by atoms with E-state index < -0.39 is 5.97 Å². The third-order valence-corrected chi connectivity index (χ3v) is 0.755. The van der Waals surface area contributed by atoms with Gasteiger partial charge in [0.2, 0.25) is 5.69 Å². The minimum atomic E-state index is -0.545. The number of hydrogen-bond donors (Lipinski definition) is 0. The molecule has 48 valence electrons. The van der Waals surface area contributed by atoms with Crippen LogP contribution >= 0.6 is 0 Å². The summed E-state index contributed by atoms with van der Waals surface area (Å²) in [5, 5.41) is 6.36. The maximum atomic E-state index is 10.5. The van der Waals surface area contributed by atoms with Crippen molar-refractivity contribution in [2.24, 2.45) is 0 Å². The molecule has 0 atom stereocenters. The molecule has 0 bridgehead atoms. The maximum absolute atomic E-state index is 10.5. The Labute approximate surface area is 50.6 Å². The number of hydrogen-bond acceptors (Lipinski definition) is 5. The van der Waals surface area contributed by atoms with Crippen molar-refractivity contribution in [3.05, 3.63) is 12.0 Å². The molecule has 0 N–H and O–H groups in total. The molecule has 9 heavy (non-hydrogen) atoms. The van der Waals surface area contributed by atoms with Gasteiger partial charge in [-0.15, -0.1) is 5.10 Å². The van der Waals surface area contributed by atoms with Crippen LogP contribution in [0, 0.1) is 0 Å². The molecule has 5 heteroatoms. The quantitative estimate of drug-likeness (QED) is 0.492. The van der Waals surface area contributed by atoms with Crippen LogP contribution in [-0.4, -0.2) is 23.4 Å². The zero-order chi connectivity index (χ0) is 6.69. The van der Waals surface area contributed by atoms with E-state index in [9.17, 15) is 4.79 Å². The summed E-state index contributed by atoms with van der Waals surface area (Å²) < 4.78 is 8.57. The molecule has 1 aromatic rings. The van der Waals surface area contributed by atoms with E-state index in [4.69, 9.17) is 0 Å². The second-order valence-electron chi connectivity index (χ2n) is 1.28. The van der Waals surface area contributed by atoms with Crippen LogP contribution in [0.5, 0.6) is 0 Å². The first-order valence-corrected chi connectivity index (χ1v) is 2.20. The van der Waals surface area contributed by atoms with Crippen molar-refractivity contribution in [2.45, 2.75) is 0 Å². The Hall–Kier alpha value is -1.39. The van der Waals surface area contributed by atoms with Crippen LogP contribution in [0.1, 0.15) is 10.5 Å². The van der Waals surface area contributed by atoms with Gasteiger partial charge in [0, 0.05) is 5.27 Å². The van der Waals surface area contributed by atoms with E-state index in [1.807, 2.05) is 0 Å². The fraction of sp³-hybridized carbons (Fsp3) is 0.250. The van der Waals surface area contributed by atoms with Crippen LogP contribution in [-0.2, 0) is 4.74 Å². The third kappa shape index (κ3) is 1.04. The van der Waals surface area contributed by atoms with Crippen molar-refractivity contribution in [2.75, 3.05) is 7.11 Å². The van der Waals surface area contributed by atoms with Crippen LogP contribution in [0.15, 0.2) is 10.8 Å². The smallest absolute Gasteiger partial charge is 0.362 e. The molecule has 0 spiro atoms. The van der Waals surface area contributed by atoms with Crippen LogP contribution in [0.25, 0.3) is 0 Å². The van der Waals surface area contributed by atoms with Gasteiger partial charge in [-0.2, -0.15) is 0 Å². The van der Waals surface area contributed by atoms with Gasteiger partial charge in [0.15, 0.2) is 6.26 Å². The fourth-order valence-electron chi connectivity index (χ4n) is 0.358. The SMILES string of the molecule is COC(=O)c1conn1. The monoisotopic (exact) mass is 128 g/mol. The molecular weight excluding hydrogens is 124 g/mol. The predicted molar refractivity (Wildman–Crippen MR) is 25.6 cm³/mol.